The maximum absolute atomic E-state index is 12.3. The van der Waals surface area contributed by atoms with Gasteiger partial charge in [-0.2, -0.15) is 0 Å². The SMILES string of the molecule is O=C1C(=Cc2ccc(O)cc2)NC(=S)N1Cc1ccco1. The van der Waals surface area contributed by atoms with E-state index in [1.54, 1.807) is 48.7 Å². The average Bonchev–Trinajstić information content (AvgIpc) is 3.06. The maximum Gasteiger partial charge on any atom is 0.276 e. The van der Waals surface area contributed by atoms with Crippen molar-refractivity contribution in [1.29, 1.82) is 0 Å². The van der Waals surface area contributed by atoms with Crippen LogP contribution in [0.3, 0.4) is 0 Å². The lowest BCUT2D eigenvalue weighted by molar-refractivity contribution is -0.122. The van der Waals surface area contributed by atoms with Crippen molar-refractivity contribution in [3.63, 3.8) is 0 Å². The third-order valence-electron chi connectivity index (χ3n) is 3.06. The number of carbonyl (C=O) groups is 1. The maximum atomic E-state index is 12.3. The Labute approximate surface area is 126 Å². The molecule has 0 bridgehead atoms. The van der Waals surface area contributed by atoms with E-state index in [2.05, 4.69) is 5.32 Å². The summed E-state index contributed by atoms with van der Waals surface area (Å²) >= 11 is 5.18. The number of rotatable bonds is 3. The van der Waals surface area contributed by atoms with Gasteiger partial charge in [-0.25, -0.2) is 0 Å². The Hall–Kier alpha value is -2.60. The van der Waals surface area contributed by atoms with Crippen LogP contribution < -0.4 is 5.32 Å². The van der Waals surface area contributed by atoms with E-state index in [4.69, 9.17) is 16.6 Å². The molecule has 2 aromatic rings. The largest absolute Gasteiger partial charge is 0.508 e. The number of hydrogen-bond acceptors (Lipinski definition) is 4. The van der Waals surface area contributed by atoms with Crippen molar-refractivity contribution in [1.82, 2.24) is 10.2 Å². The first-order chi connectivity index (χ1) is 10.1. The van der Waals surface area contributed by atoms with Gasteiger partial charge in [0.2, 0.25) is 0 Å². The smallest absolute Gasteiger partial charge is 0.276 e. The number of nitrogens with zero attached hydrogens (tertiary/aromatic N) is 1. The van der Waals surface area contributed by atoms with Gasteiger partial charge in [-0.1, -0.05) is 12.1 Å². The summed E-state index contributed by atoms with van der Waals surface area (Å²) in [5.41, 5.74) is 1.20. The van der Waals surface area contributed by atoms with Crippen molar-refractivity contribution in [3.8, 4) is 5.75 Å². The summed E-state index contributed by atoms with van der Waals surface area (Å²) < 4.78 is 5.23. The van der Waals surface area contributed by atoms with Crippen LogP contribution in [0.1, 0.15) is 11.3 Å². The fraction of sp³-hybridized carbons (Fsp3) is 0.0667. The molecule has 21 heavy (non-hydrogen) atoms. The molecule has 1 aromatic heterocycles. The van der Waals surface area contributed by atoms with Crippen molar-refractivity contribution < 1.29 is 14.3 Å². The molecule has 1 aromatic carbocycles. The zero-order valence-corrected chi connectivity index (χ0v) is 11.8. The van der Waals surface area contributed by atoms with Gasteiger partial charge < -0.3 is 14.8 Å². The van der Waals surface area contributed by atoms with Crippen molar-refractivity contribution >= 4 is 29.3 Å². The number of phenols is 1. The molecule has 2 heterocycles. The highest BCUT2D eigenvalue weighted by Gasteiger charge is 2.31. The first-order valence-electron chi connectivity index (χ1n) is 6.29. The van der Waals surface area contributed by atoms with Crippen LogP contribution in [0.15, 0.2) is 52.8 Å². The van der Waals surface area contributed by atoms with E-state index in [1.165, 1.54) is 4.90 Å². The zero-order valence-electron chi connectivity index (χ0n) is 10.9. The number of furan rings is 1. The number of phenolic OH excluding ortho intramolecular Hbond substituents is 1. The van der Waals surface area contributed by atoms with Crippen LogP contribution in [0.25, 0.3) is 6.08 Å². The van der Waals surface area contributed by atoms with Gasteiger partial charge >= 0.3 is 0 Å². The molecule has 1 amide bonds. The number of benzene rings is 1. The van der Waals surface area contributed by atoms with E-state index in [1.807, 2.05) is 0 Å². The lowest BCUT2D eigenvalue weighted by Crippen LogP contribution is -2.29. The standard InChI is InChI=1S/C15H12N2O3S/c18-11-5-3-10(4-6-11)8-13-14(19)17(15(21)16-13)9-12-2-1-7-20-12/h1-8,18H,9H2,(H,16,21). The summed E-state index contributed by atoms with van der Waals surface area (Å²) in [6.45, 7) is 0.296. The highest BCUT2D eigenvalue weighted by molar-refractivity contribution is 7.80. The van der Waals surface area contributed by atoms with Crippen LogP contribution in [0.2, 0.25) is 0 Å². The Morgan fingerprint density at radius 3 is 2.71 bits per heavy atom. The van der Waals surface area contributed by atoms with Crippen molar-refractivity contribution in [2.45, 2.75) is 6.54 Å². The Morgan fingerprint density at radius 2 is 2.05 bits per heavy atom. The Bertz CT molecular complexity index is 705. The molecule has 0 saturated carbocycles. The van der Waals surface area contributed by atoms with Crippen LogP contribution in [0.5, 0.6) is 5.75 Å². The van der Waals surface area contributed by atoms with E-state index < -0.39 is 0 Å². The van der Waals surface area contributed by atoms with Gasteiger partial charge in [0, 0.05) is 0 Å². The van der Waals surface area contributed by atoms with E-state index in [-0.39, 0.29) is 11.7 Å². The summed E-state index contributed by atoms with van der Waals surface area (Å²) in [4.78, 5) is 13.8. The molecular weight excluding hydrogens is 288 g/mol. The minimum Gasteiger partial charge on any atom is -0.508 e. The summed E-state index contributed by atoms with van der Waals surface area (Å²) in [7, 11) is 0. The van der Waals surface area contributed by atoms with Crippen LogP contribution in [0.4, 0.5) is 0 Å². The fourth-order valence-corrected chi connectivity index (χ4v) is 2.27. The van der Waals surface area contributed by atoms with Crippen LogP contribution >= 0.6 is 12.2 Å². The molecule has 5 nitrogen and oxygen atoms in total. The lowest BCUT2D eigenvalue weighted by atomic mass is 10.2. The molecule has 0 spiro atoms. The van der Waals surface area contributed by atoms with Gasteiger partial charge in [-0.15, -0.1) is 0 Å². The first kappa shape index (κ1) is 13.4. The lowest BCUT2D eigenvalue weighted by Gasteiger charge is -2.11. The predicted molar refractivity (Wildman–Crippen MR) is 81.1 cm³/mol. The topological polar surface area (TPSA) is 65.7 Å². The monoisotopic (exact) mass is 300 g/mol. The average molecular weight is 300 g/mol. The molecule has 1 aliphatic heterocycles. The molecule has 0 unspecified atom stereocenters. The summed E-state index contributed by atoms with van der Waals surface area (Å²) in [5, 5.41) is 12.5. The molecule has 106 valence electrons. The number of thiocarbonyl (C=S) groups is 1. The van der Waals surface area contributed by atoms with Crippen molar-refractivity contribution in [2.24, 2.45) is 0 Å². The van der Waals surface area contributed by atoms with E-state index >= 15 is 0 Å². The third-order valence-corrected chi connectivity index (χ3v) is 3.38. The van der Waals surface area contributed by atoms with Crippen molar-refractivity contribution in [2.75, 3.05) is 0 Å². The van der Waals surface area contributed by atoms with Gasteiger partial charge in [0.05, 0.1) is 12.8 Å². The van der Waals surface area contributed by atoms with E-state index in [0.29, 0.717) is 23.1 Å². The molecule has 0 atom stereocenters. The summed E-state index contributed by atoms with van der Waals surface area (Å²) in [6, 6.07) is 10.1. The normalized spacial score (nSPS) is 16.6. The minimum absolute atomic E-state index is 0.179. The molecule has 6 heteroatoms. The number of amides is 1. The molecule has 3 rings (SSSR count). The van der Waals surface area contributed by atoms with Crippen LogP contribution in [-0.4, -0.2) is 21.0 Å². The molecular formula is C15H12N2O3S. The number of nitrogens with one attached hydrogen (secondary N) is 1. The molecule has 0 radical (unpaired) electrons. The van der Waals surface area contributed by atoms with Gasteiger partial charge in [0.1, 0.15) is 17.2 Å². The minimum atomic E-state index is -0.204. The second-order valence-corrected chi connectivity index (χ2v) is 4.94. The number of aromatic hydroxyl groups is 1. The molecule has 1 fully saturated rings. The predicted octanol–water partition coefficient (Wildman–Crippen LogP) is 2.24. The van der Waals surface area contributed by atoms with Gasteiger partial charge in [0.25, 0.3) is 5.91 Å². The highest BCUT2D eigenvalue weighted by Crippen LogP contribution is 2.18. The van der Waals surface area contributed by atoms with Crippen LogP contribution in [-0.2, 0) is 11.3 Å². The number of carbonyl (C=O) groups excluding carboxylic acids is 1. The third kappa shape index (κ3) is 2.80. The highest BCUT2D eigenvalue weighted by atomic mass is 32.1. The van der Waals surface area contributed by atoms with Crippen molar-refractivity contribution in [3.05, 3.63) is 59.7 Å². The summed E-state index contributed by atoms with van der Waals surface area (Å²) in [6.07, 6.45) is 3.25. The van der Waals surface area contributed by atoms with Gasteiger partial charge in [-0.3, -0.25) is 9.69 Å². The molecule has 1 aliphatic rings. The second kappa shape index (κ2) is 5.41. The fourth-order valence-electron chi connectivity index (χ4n) is 2.01. The molecule has 2 N–H and O–H groups in total. The molecule has 1 saturated heterocycles. The molecule has 0 aliphatic carbocycles. The Balaban J connectivity index is 1.81. The Kier molecular flexibility index (Phi) is 3.45. The first-order valence-corrected chi connectivity index (χ1v) is 6.70. The van der Waals surface area contributed by atoms with Gasteiger partial charge in [0.15, 0.2) is 5.11 Å². The van der Waals surface area contributed by atoms with Gasteiger partial charge in [-0.05, 0) is 48.1 Å². The second-order valence-electron chi connectivity index (χ2n) is 4.55. The Morgan fingerprint density at radius 1 is 1.29 bits per heavy atom. The zero-order chi connectivity index (χ0) is 14.8. The van der Waals surface area contributed by atoms with E-state index in [0.717, 1.165) is 5.56 Å². The number of hydrogen-bond donors (Lipinski definition) is 2. The summed E-state index contributed by atoms with van der Waals surface area (Å²) in [5.74, 6) is 0.640. The quantitative estimate of drug-likeness (QED) is 0.672. The van der Waals surface area contributed by atoms with Crippen LogP contribution in [0, 0.1) is 0 Å². The van der Waals surface area contributed by atoms with E-state index in [9.17, 15) is 9.90 Å².